The molecule has 0 saturated heterocycles. The van der Waals surface area contributed by atoms with Gasteiger partial charge in [-0.15, -0.1) is 0 Å². The molecule has 2 nitrogen and oxygen atoms in total. The van der Waals surface area contributed by atoms with Crippen molar-refractivity contribution in [3.8, 4) is 0 Å². The smallest absolute Gasteiger partial charge is 0.137 e. The van der Waals surface area contributed by atoms with Gasteiger partial charge in [-0.05, 0) is 64.7 Å². The minimum Gasteiger partial charge on any atom is -0.390 e. The van der Waals surface area contributed by atoms with Crippen LogP contribution in [0.25, 0.3) is 0 Å². The number of rotatable bonds is 4. The Kier molecular flexibility index (Phi) is 5.11. The highest BCUT2D eigenvalue weighted by molar-refractivity contribution is 9.10. The molecule has 1 unspecified atom stereocenters. The topological polar surface area (TPSA) is 29.5 Å². The summed E-state index contributed by atoms with van der Waals surface area (Å²) in [4.78, 5) is 0. The van der Waals surface area contributed by atoms with Crippen molar-refractivity contribution in [2.45, 2.75) is 57.7 Å². The Morgan fingerprint density at radius 2 is 1.90 bits per heavy atom. The predicted molar refractivity (Wildman–Crippen MR) is 85.8 cm³/mol. The average molecular weight is 359 g/mol. The molecule has 0 heterocycles. The molecule has 1 N–H and O–H groups in total. The summed E-state index contributed by atoms with van der Waals surface area (Å²) in [5.41, 5.74) is 0.758. The number of aliphatic hydroxyl groups is 1. The monoisotopic (exact) mass is 358 g/mol. The van der Waals surface area contributed by atoms with Crippen LogP contribution < -0.4 is 0 Å². The number of methoxy groups -OCH3 is 1. The Morgan fingerprint density at radius 3 is 2.43 bits per heavy atom. The minimum atomic E-state index is -0.573. The molecule has 0 radical (unpaired) electrons. The molecular weight excluding hydrogens is 335 g/mol. The molecule has 1 aliphatic rings. The highest BCUT2D eigenvalue weighted by Crippen LogP contribution is 2.44. The molecule has 1 aromatic rings. The van der Waals surface area contributed by atoms with Crippen molar-refractivity contribution >= 4 is 15.9 Å². The van der Waals surface area contributed by atoms with Crippen LogP contribution in [0.15, 0.2) is 22.7 Å². The van der Waals surface area contributed by atoms with E-state index in [1.165, 1.54) is 6.07 Å². The summed E-state index contributed by atoms with van der Waals surface area (Å²) in [6.07, 6.45) is 3.72. The highest BCUT2D eigenvalue weighted by atomic mass is 79.9. The summed E-state index contributed by atoms with van der Waals surface area (Å²) in [5.74, 6) is -0.283. The molecule has 0 amide bonds. The van der Waals surface area contributed by atoms with Crippen molar-refractivity contribution in [2.24, 2.45) is 5.41 Å². The average Bonchev–Trinajstić information content (AvgIpc) is 2.43. The Labute approximate surface area is 134 Å². The Bertz CT molecular complexity index is 492. The first-order valence-corrected chi connectivity index (χ1v) is 8.24. The lowest BCUT2D eigenvalue weighted by Crippen LogP contribution is -2.49. The quantitative estimate of drug-likeness (QED) is 0.859. The van der Waals surface area contributed by atoms with E-state index in [4.69, 9.17) is 4.74 Å². The zero-order valence-corrected chi connectivity index (χ0v) is 14.5. The van der Waals surface area contributed by atoms with Crippen molar-refractivity contribution in [3.05, 3.63) is 34.1 Å². The molecule has 0 spiro atoms. The molecule has 0 aromatic heterocycles. The van der Waals surface area contributed by atoms with Gasteiger partial charge in [0.1, 0.15) is 5.82 Å². The van der Waals surface area contributed by atoms with Crippen LogP contribution in [0.1, 0.15) is 45.1 Å². The Balaban J connectivity index is 2.10. The van der Waals surface area contributed by atoms with Gasteiger partial charge in [-0.1, -0.05) is 19.9 Å². The lowest BCUT2D eigenvalue weighted by atomic mass is 9.68. The zero-order chi connectivity index (χ0) is 15.7. The van der Waals surface area contributed by atoms with Gasteiger partial charge in [-0.3, -0.25) is 0 Å². The van der Waals surface area contributed by atoms with E-state index < -0.39 is 11.7 Å². The summed E-state index contributed by atoms with van der Waals surface area (Å²) in [5, 5.41) is 10.7. The van der Waals surface area contributed by atoms with Crippen molar-refractivity contribution in [2.75, 3.05) is 7.11 Å². The van der Waals surface area contributed by atoms with Gasteiger partial charge in [0.2, 0.25) is 0 Å². The second kappa shape index (κ2) is 6.35. The van der Waals surface area contributed by atoms with Gasteiger partial charge in [0, 0.05) is 13.5 Å². The van der Waals surface area contributed by atoms with Crippen molar-refractivity contribution in [3.63, 3.8) is 0 Å². The summed E-state index contributed by atoms with van der Waals surface area (Å²) < 4.78 is 19.4. The number of aliphatic hydroxyl groups excluding tert-OH is 1. The maximum absolute atomic E-state index is 13.3. The standard InChI is InChI=1S/C17H24BrFO2/c1-16(2)6-8-17(21-3,9-7-16)15(20)11-12-4-5-14(19)13(18)10-12/h4-5,10,15,20H,6-9,11H2,1-3H3. The van der Waals surface area contributed by atoms with Gasteiger partial charge in [-0.2, -0.15) is 0 Å². The predicted octanol–water partition coefficient (Wildman–Crippen LogP) is 4.48. The number of halogens is 2. The molecule has 1 aromatic carbocycles. The largest absolute Gasteiger partial charge is 0.390 e. The molecule has 1 saturated carbocycles. The van der Waals surface area contributed by atoms with E-state index >= 15 is 0 Å². The first-order valence-electron chi connectivity index (χ1n) is 7.45. The number of hydrogen-bond donors (Lipinski definition) is 1. The summed E-state index contributed by atoms with van der Waals surface area (Å²) in [6, 6.07) is 4.88. The van der Waals surface area contributed by atoms with Gasteiger partial charge >= 0.3 is 0 Å². The van der Waals surface area contributed by atoms with Gasteiger partial charge in [0.15, 0.2) is 0 Å². The maximum Gasteiger partial charge on any atom is 0.137 e. The zero-order valence-electron chi connectivity index (χ0n) is 13.0. The second-order valence-electron chi connectivity index (χ2n) is 6.90. The maximum atomic E-state index is 13.3. The normalized spacial score (nSPS) is 22.0. The van der Waals surface area contributed by atoms with Crippen LogP contribution in [0.2, 0.25) is 0 Å². The molecule has 118 valence electrons. The Hall–Kier alpha value is -0.450. The van der Waals surface area contributed by atoms with E-state index in [0.717, 1.165) is 31.2 Å². The van der Waals surface area contributed by atoms with Crippen LogP contribution in [-0.2, 0) is 11.2 Å². The van der Waals surface area contributed by atoms with Gasteiger partial charge in [-0.25, -0.2) is 4.39 Å². The fourth-order valence-corrected chi connectivity index (χ4v) is 3.53. The molecule has 21 heavy (non-hydrogen) atoms. The lowest BCUT2D eigenvalue weighted by molar-refractivity contribution is -0.135. The van der Waals surface area contributed by atoms with Crippen LogP contribution >= 0.6 is 15.9 Å². The van der Waals surface area contributed by atoms with Crippen molar-refractivity contribution < 1.29 is 14.2 Å². The third-order valence-corrected chi connectivity index (χ3v) is 5.48. The van der Waals surface area contributed by atoms with Crippen LogP contribution in [0, 0.1) is 11.2 Å². The molecule has 1 aliphatic carbocycles. The molecule has 1 fully saturated rings. The van der Waals surface area contributed by atoms with Crippen LogP contribution in [-0.4, -0.2) is 23.9 Å². The van der Waals surface area contributed by atoms with Crippen LogP contribution in [0.3, 0.4) is 0 Å². The summed E-state index contributed by atoms with van der Waals surface area (Å²) in [7, 11) is 1.68. The molecule has 0 bridgehead atoms. The Morgan fingerprint density at radius 1 is 1.29 bits per heavy atom. The molecule has 0 aliphatic heterocycles. The van der Waals surface area contributed by atoms with E-state index in [0.29, 0.717) is 16.3 Å². The first kappa shape index (κ1) is 16.9. The SMILES string of the molecule is COC1(C(O)Cc2ccc(F)c(Br)c2)CCC(C)(C)CC1. The second-order valence-corrected chi connectivity index (χ2v) is 7.76. The molecular formula is C17H24BrFO2. The molecule has 2 rings (SSSR count). The number of hydrogen-bond acceptors (Lipinski definition) is 2. The fraction of sp³-hybridized carbons (Fsp3) is 0.647. The van der Waals surface area contributed by atoms with Crippen LogP contribution in [0.5, 0.6) is 0 Å². The third-order valence-electron chi connectivity index (χ3n) is 4.88. The highest BCUT2D eigenvalue weighted by Gasteiger charge is 2.43. The molecule has 1 atom stereocenters. The summed E-state index contributed by atoms with van der Waals surface area (Å²) >= 11 is 3.19. The van der Waals surface area contributed by atoms with Gasteiger partial charge < -0.3 is 9.84 Å². The van der Waals surface area contributed by atoms with E-state index in [1.807, 2.05) is 0 Å². The van der Waals surface area contributed by atoms with E-state index in [1.54, 1.807) is 19.2 Å². The van der Waals surface area contributed by atoms with Gasteiger partial charge in [0.05, 0.1) is 16.2 Å². The summed E-state index contributed by atoms with van der Waals surface area (Å²) in [6.45, 7) is 4.52. The van der Waals surface area contributed by atoms with Crippen molar-refractivity contribution in [1.82, 2.24) is 0 Å². The van der Waals surface area contributed by atoms with Crippen molar-refractivity contribution in [1.29, 1.82) is 0 Å². The fourth-order valence-electron chi connectivity index (χ4n) is 3.10. The van der Waals surface area contributed by atoms with E-state index in [-0.39, 0.29) is 5.82 Å². The lowest BCUT2D eigenvalue weighted by Gasteiger charge is -2.45. The number of ether oxygens (including phenoxy) is 1. The van der Waals surface area contributed by atoms with E-state index in [2.05, 4.69) is 29.8 Å². The van der Waals surface area contributed by atoms with Gasteiger partial charge in [0.25, 0.3) is 0 Å². The minimum absolute atomic E-state index is 0.283. The van der Waals surface area contributed by atoms with Crippen LogP contribution in [0.4, 0.5) is 4.39 Å². The van der Waals surface area contributed by atoms with E-state index in [9.17, 15) is 9.50 Å². The number of benzene rings is 1. The molecule has 4 heteroatoms. The first-order chi connectivity index (χ1) is 9.78. The third kappa shape index (κ3) is 3.85.